The van der Waals surface area contributed by atoms with Crippen molar-refractivity contribution >= 4 is 24.0 Å². The molecule has 1 saturated carbocycles. The minimum Gasteiger partial charge on any atom is -0.309 e. The summed E-state index contributed by atoms with van der Waals surface area (Å²) in [5, 5.41) is 15.9. The molecule has 10 heteroatoms. The van der Waals surface area contributed by atoms with Gasteiger partial charge in [0, 0.05) is 13.6 Å². The van der Waals surface area contributed by atoms with Crippen LogP contribution < -0.4 is 5.32 Å². The van der Waals surface area contributed by atoms with E-state index in [1.807, 2.05) is 0 Å². The number of hydrogen-bond acceptors (Lipinski definition) is 6. The van der Waals surface area contributed by atoms with Crippen molar-refractivity contribution in [3.63, 3.8) is 0 Å². The first-order chi connectivity index (χ1) is 14.4. The molecule has 0 unspecified atom stereocenters. The zero-order valence-electron chi connectivity index (χ0n) is 17.0. The number of hydrogen-bond donors (Lipinski definition) is 2. The van der Waals surface area contributed by atoms with Crippen LogP contribution in [0.3, 0.4) is 0 Å². The summed E-state index contributed by atoms with van der Waals surface area (Å²) in [5.74, 6) is -1.26. The zero-order valence-corrected chi connectivity index (χ0v) is 17.0. The number of hydrazine groups is 1. The summed E-state index contributed by atoms with van der Waals surface area (Å²) < 4.78 is 13.0. The van der Waals surface area contributed by atoms with Crippen molar-refractivity contribution in [3.05, 3.63) is 24.1 Å². The second-order valence-corrected chi connectivity index (χ2v) is 8.03. The van der Waals surface area contributed by atoms with Crippen molar-refractivity contribution in [2.24, 2.45) is 11.8 Å². The normalized spacial score (nSPS) is 20.9. The molecule has 0 spiro atoms. The van der Waals surface area contributed by atoms with Crippen LogP contribution in [0.4, 0.5) is 10.2 Å². The summed E-state index contributed by atoms with van der Waals surface area (Å²) in [7, 11) is 1.73. The summed E-state index contributed by atoms with van der Waals surface area (Å²) in [6, 6.07) is 1.80. The van der Waals surface area contributed by atoms with Gasteiger partial charge in [0.15, 0.2) is 0 Å². The molecule has 1 aliphatic heterocycles. The van der Waals surface area contributed by atoms with E-state index in [1.54, 1.807) is 12.1 Å². The van der Waals surface area contributed by atoms with E-state index >= 15 is 0 Å². The summed E-state index contributed by atoms with van der Waals surface area (Å²) in [6.07, 6.45) is 6.55. The van der Waals surface area contributed by atoms with E-state index < -0.39 is 23.7 Å². The molecule has 2 aliphatic rings. The molecule has 0 radical (unpaired) electrons. The zero-order chi connectivity index (χ0) is 21.7. The van der Waals surface area contributed by atoms with Crippen molar-refractivity contribution in [1.82, 2.24) is 20.1 Å². The maximum atomic E-state index is 13.4. The predicted octanol–water partition coefficient (Wildman–Crippen LogP) is 1.65. The molecular weight excluding hydrogens is 393 g/mol. The molecule has 3 rings (SSSR count). The minimum atomic E-state index is -0.746. The Balaban J connectivity index is 1.73. The van der Waals surface area contributed by atoms with E-state index in [9.17, 15) is 24.0 Å². The highest BCUT2D eigenvalue weighted by Gasteiger charge is 2.41. The Bertz CT molecular complexity index is 756. The molecule has 1 saturated heterocycles. The van der Waals surface area contributed by atoms with Crippen LogP contribution in [0.5, 0.6) is 0 Å². The quantitative estimate of drug-likeness (QED) is 0.376. The Morgan fingerprint density at radius 2 is 2.10 bits per heavy atom. The fourth-order valence-corrected chi connectivity index (χ4v) is 4.36. The first-order valence-corrected chi connectivity index (χ1v) is 10.3. The van der Waals surface area contributed by atoms with Gasteiger partial charge < -0.3 is 5.32 Å². The molecule has 164 valence electrons. The summed E-state index contributed by atoms with van der Waals surface area (Å²) in [5.41, 5.74) is 0. The lowest BCUT2D eigenvalue weighted by Crippen LogP contribution is -2.52. The van der Waals surface area contributed by atoms with Gasteiger partial charge in [-0.15, -0.1) is 0 Å². The molecule has 1 aliphatic carbocycles. The summed E-state index contributed by atoms with van der Waals surface area (Å²) in [4.78, 5) is 41.0. The Hall–Kier alpha value is -2.59. The van der Waals surface area contributed by atoms with Crippen LogP contribution in [-0.2, 0) is 14.4 Å². The number of nitrogens with one attached hydrogen (secondary N) is 1. The van der Waals surface area contributed by atoms with Gasteiger partial charge in [0.05, 0.1) is 18.7 Å². The fraction of sp³-hybridized carbons (Fsp3) is 0.600. The predicted molar refractivity (Wildman–Crippen MR) is 105 cm³/mol. The van der Waals surface area contributed by atoms with Crippen LogP contribution in [-0.4, -0.2) is 69.7 Å². The molecular formula is C20H28FN5O4. The van der Waals surface area contributed by atoms with Crippen molar-refractivity contribution in [1.29, 1.82) is 0 Å². The number of aromatic nitrogens is 1. The van der Waals surface area contributed by atoms with Gasteiger partial charge in [-0.1, -0.05) is 25.7 Å². The lowest BCUT2D eigenvalue weighted by molar-refractivity contribution is -0.164. The topological polar surface area (TPSA) is 106 Å². The van der Waals surface area contributed by atoms with E-state index in [0.29, 0.717) is 30.4 Å². The Morgan fingerprint density at radius 3 is 2.73 bits per heavy atom. The smallest absolute Gasteiger partial charge is 0.250 e. The Morgan fingerprint density at radius 1 is 1.37 bits per heavy atom. The number of halogens is 1. The molecule has 0 bridgehead atoms. The monoisotopic (exact) mass is 421 g/mol. The summed E-state index contributed by atoms with van der Waals surface area (Å²) >= 11 is 0. The van der Waals surface area contributed by atoms with Crippen molar-refractivity contribution < 1.29 is 24.0 Å². The third kappa shape index (κ3) is 5.31. The van der Waals surface area contributed by atoms with Gasteiger partial charge in [-0.25, -0.2) is 19.4 Å². The van der Waals surface area contributed by atoms with Crippen LogP contribution in [0.15, 0.2) is 18.3 Å². The standard InChI is InChI=1S/C20H28FN5O4/c1-24-9-8-17(19(28)23-18-7-6-16(21)11-22-18)26(24)20(29)15(12-25(30)13-27)10-14-4-2-3-5-14/h6-7,11,13-15,17,30H,2-5,8-10,12H2,1H3,(H,22,23,28)/t15-,17+/m1/s1. The number of carbonyl (C=O) groups is 3. The Labute approximate surface area is 174 Å². The van der Waals surface area contributed by atoms with Crippen LogP contribution in [0.1, 0.15) is 38.5 Å². The largest absolute Gasteiger partial charge is 0.309 e. The molecule has 1 aromatic heterocycles. The first-order valence-electron chi connectivity index (χ1n) is 10.3. The van der Waals surface area contributed by atoms with Gasteiger partial charge in [-0.05, 0) is 30.9 Å². The maximum Gasteiger partial charge on any atom is 0.250 e. The van der Waals surface area contributed by atoms with E-state index in [-0.39, 0.29) is 24.7 Å². The van der Waals surface area contributed by atoms with Gasteiger partial charge in [0.25, 0.3) is 0 Å². The van der Waals surface area contributed by atoms with Crippen LogP contribution in [0.25, 0.3) is 0 Å². The molecule has 2 atom stereocenters. The van der Waals surface area contributed by atoms with Crippen molar-refractivity contribution in [3.8, 4) is 0 Å². The number of hydroxylamine groups is 2. The average molecular weight is 421 g/mol. The third-order valence-corrected chi connectivity index (χ3v) is 5.87. The number of carbonyl (C=O) groups excluding carboxylic acids is 3. The lowest BCUT2D eigenvalue weighted by atomic mass is 9.92. The van der Waals surface area contributed by atoms with Gasteiger partial charge >= 0.3 is 0 Å². The van der Waals surface area contributed by atoms with Crippen molar-refractivity contribution in [2.75, 3.05) is 25.5 Å². The van der Waals surface area contributed by atoms with Gasteiger partial charge in [-0.2, -0.15) is 0 Å². The van der Waals surface area contributed by atoms with E-state index in [1.165, 1.54) is 17.1 Å². The van der Waals surface area contributed by atoms with Crippen LogP contribution in [0.2, 0.25) is 0 Å². The highest BCUT2D eigenvalue weighted by atomic mass is 19.1. The minimum absolute atomic E-state index is 0.114. The molecule has 30 heavy (non-hydrogen) atoms. The highest BCUT2D eigenvalue weighted by molar-refractivity contribution is 5.97. The number of nitrogens with zero attached hydrogens (tertiary/aromatic N) is 4. The number of pyridine rings is 1. The van der Waals surface area contributed by atoms with E-state index in [4.69, 9.17) is 0 Å². The molecule has 1 aromatic rings. The first kappa shape index (κ1) is 22.1. The molecule has 2 N–H and O–H groups in total. The molecule has 3 amide bonds. The highest BCUT2D eigenvalue weighted by Crippen LogP contribution is 2.32. The van der Waals surface area contributed by atoms with Crippen LogP contribution >= 0.6 is 0 Å². The Kier molecular flexibility index (Phi) is 7.33. The summed E-state index contributed by atoms with van der Waals surface area (Å²) in [6.45, 7) is 0.393. The average Bonchev–Trinajstić information content (AvgIpc) is 3.38. The van der Waals surface area contributed by atoms with E-state index in [0.717, 1.165) is 31.9 Å². The number of rotatable bonds is 8. The number of amides is 3. The van der Waals surface area contributed by atoms with Gasteiger partial charge in [0.1, 0.15) is 17.7 Å². The van der Waals surface area contributed by atoms with Crippen molar-refractivity contribution in [2.45, 2.75) is 44.6 Å². The maximum absolute atomic E-state index is 13.4. The second kappa shape index (κ2) is 9.94. The third-order valence-electron chi connectivity index (χ3n) is 5.87. The molecule has 0 aromatic carbocycles. The molecule has 2 fully saturated rings. The van der Waals surface area contributed by atoms with Crippen LogP contribution in [0, 0.1) is 17.7 Å². The van der Waals surface area contributed by atoms with E-state index in [2.05, 4.69) is 10.3 Å². The molecule has 9 nitrogen and oxygen atoms in total. The SMILES string of the molecule is CN1CC[C@@H](C(=O)Nc2ccc(F)cn2)N1C(=O)[C@H](CC1CCCC1)CN(O)C=O. The number of anilines is 1. The van der Waals surface area contributed by atoms with Gasteiger partial charge in [-0.3, -0.25) is 24.6 Å². The lowest BCUT2D eigenvalue weighted by Gasteiger charge is -2.33. The van der Waals surface area contributed by atoms with Gasteiger partial charge in [0.2, 0.25) is 18.2 Å². The molecule has 2 heterocycles. The fourth-order valence-electron chi connectivity index (χ4n) is 4.36. The second-order valence-electron chi connectivity index (χ2n) is 8.03.